The van der Waals surface area contributed by atoms with Gasteiger partial charge in [0, 0.05) is 6.54 Å². The average molecular weight is 242 g/mol. The summed E-state index contributed by atoms with van der Waals surface area (Å²) in [5.74, 6) is 0. The molecule has 1 heterocycles. The van der Waals surface area contributed by atoms with Crippen LogP contribution in [0, 0.1) is 0 Å². The zero-order chi connectivity index (χ0) is 13.1. The summed E-state index contributed by atoms with van der Waals surface area (Å²) in [7, 11) is 1.85. The van der Waals surface area contributed by atoms with Crippen LogP contribution in [0.15, 0.2) is 0 Å². The standard InChI is InChI=1S/C12H22N2O3/c1-12(2,3)17-11(16)14-7-5-6-10(14)13(4)8-9-15/h9-10H,5-8H2,1-4H3. The maximum atomic E-state index is 12.0. The molecule has 0 saturated carbocycles. The van der Waals surface area contributed by atoms with Gasteiger partial charge in [0.2, 0.25) is 0 Å². The Kier molecular flexibility index (Phi) is 4.51. The van der Waals surface area contributed by atoms with Crippen LogP contribution < -0.4 is 0 Å². The minimum atomic E-state index is -0.479. The second kappa shape index (κ2) is 5.49. The van der Waals surface area contributed by atoms with E-state index in [1.165, 1.54) is 0 Å². The first kappa shape index (κ1) is 14.0. The van der Waals surface area contributed by atoms with Gasteiger partial charge in [0.05, 0.1) is 12.7 Å². The molecule has 0 radical (unpaired) electrons. The molecular formula is C12H22N2O3. The third-order valence-corrected chi connectivity index (χ3v) is 2.72. The highest BCUT2D eigenvalue weighted by Gasteiger charge is 2.34. The topological polar surface area (TPSA) is 49.9 Å². The average Bonchev–Trinajstić information content (AvgIpc) is 2.63. The molecule has 17 heavy (non-hydrogen) atoms. The van der Waals surface area contributed by atoms with Gasteiger partial charge in [0.15, 0.2) is 0 Å². The van der Waals surface area contributed by atoms with Crippen molar-refractivity contribution in [2.45, 2.75) is 45.4 Å². The molecule has 0 bridgehead atoms. The van der Waals surface area contributed by atoms with Crippen LogP contribution >= 0.6 is 0 Å². The van der Waals surface area contributed by atoms with Crippen LogP contribution in [-0.4, -0.2) is 54.1 Å². The minimum Gasteiger partial charge on any atom is -0.444 e. The summed E-state index contributed by atoms with van der Waals surface area (Å²) in [4.78, 5) is 26.1. The molecule has 0 spiro atoms. The van der Waals surface area contributed by atoms with Crippen LogP contribution in [-0.2, 0) is 9.53 Å². The third kappa shape index (κ3) is 4.00. The minimum absolute atomic E-state index is 0.0185. The number of carbonyl (C=O) groups excluding carboxylic acids is 2. The van der Waals surface area contributed by atoms with Crippen LogP contribution in [0.3, 0.4) is 0 Å². The molecular weight excluding hydrogens is 220 g/mol. The van der Waals surface area contributed by atoms with Crippen molar-refractivity contribution >= 4 is 12.4 Å². The van der Waals surface area contributed by atoms with Gasteiger partial charge in [-0.1, -0.05) is 0 Å². The molecule has 98 valence electrons. The van der Waals surface area contributed by atoms with Crippen molar-refractivity contribution in [3.63, 3.8) is 0 Å². The van der Waals surface area contributed by atoms with E-state index in [1.54, 1.807) is 4.90 Å². The SMILES string of the molecule is CN(CC=O)C1CCCN1C(=O)OC(C)(C)C. The molecule has 1 unspecified atom stereocenters. The predicted octanol–water partition coefficient (Wildman–Crippen LogP) is 1.47. The molecule has 1 saturated heterocycles. The summed E-state index contributed by atoms with van der Waals surface area (Å²) in [6.45, 7) is 6.59. The summed E-state index contributed by atoms with van der Waals surface area (Å²) in [5, 5.41) is 0. The van der Waals surface area contributed by atoms with Crippen molar-refractivity contribution in [1.29, 1.82) is 0 Å². The van der Waals surface area contributed by atoms with Crippen molar-refractivity contribution < 1.29 is 14.3 Å². The van der Waals surface area contributed by atoms with Crippen molar-refractivity contribution in [3.8, 4) is 0 Å². The number of carbonyl (C=O) groups is 2. The van der Waals surface area contributed by atoms with Crippen molar-refractivity contribution in [3.05, 3.63) is 0 Å². The summed E-state index contributed by atoms with van der Waals surface area (Å²) >= 11 is 0. The van der Waals surface area contributed by atoms with E-state index in [2.05, 4.69) is 0 Å². The lowest BCUT2D eigenvalue weighted by Gasteiger charge is -2.32. The van der Waals surface area contributed by atoms with Crippen LogP contribution in [0.25, 0.3) is 0 Å². The number of likely N-dealkylation sites (N-methyl/N-ethyl adjacent to an activating group) is 1. The number of rotatable bonds is 3. The Morgan fingerprint density at radius 3 is 2.71 bits per heavy atom. The van der Waals surface area contributed by atoms with Gasteiger partial charge in [-0.05, 0) is 40.7 Å². The molecule has 1 aliphatic heterocycles. The first-order chi connectivity index (χ1) is 7.85. The lowest BCUT2D eigenvalue weighted by Crippen LogP contribution is -2.47. The quantitative estimate of drug-likeness (QED) is 0.703. The van der Waals surface area contributed by atoms with Gasteiger partial charge in [-0.25, -0.2) is 4.79 Å². The normalized spacial score (nSPS) is 20.8. The second-order valence-electron chi connectivity index (χ2n) is 5.40. The number of aldehydes is 1. The van der Waals surface area contributed by atoms with Crippen LogP contribution in [0.1, 0.15) is 33.6 Å². The Hall–Kier alpha value is -1.10. The van der Waals surface area contributed by atoms with E-state index in [-0.39, 0.29) is 12.3 Å². The molecule has 0 aromatic carbocycles. The number of amides is 1. The molecule has 5 nitrogen and oxygen atoms in total. The van der Waals surface area contributed by atoms with E-state index >= 15 is 0 Å². The zero-order valence-corrected chi connectivity index (χ0v) is 11.1. The molecule has 5 heteroatoms. The molecule has 0 N–H and O–H groups in total. The number of nitrogens with zero attached hydrogens (tertiary/aromatic N) is 2. The van der Waals surface area contributed by atoms with E-state index in [4.69, 9.17) is 4.74 Å². The van der Waals surface area contributed by atoms with Gasteiger partial charge in [-0.3, -0.25) is 9.80 Å². The lowest BCUT2D eigenvalue weighted by molar-refractivity contribution is -0.109. The van der Waals surface area contributed by atoms with E-state index in [1.807, 2.05) is 32.7 Å². The highest BCUT2D eigenvalue weighted by Crippen LogP contribution is 2.22. The number of hydrogen-bond donors (Lipinski definition) is 0. The molecule has 1 amide bonds. The first-order valence-corrected chi connectivity index (χ1v) is 5.98. The van der Waals surface area contributed by atoms with Crippen LogP contribution in [0.2, 0.25) is 0 Å². The summed E-state index contributed by atoms with van der Waals surface area (Å²) in [5.41, 5.74) is -0.479. The van der Waals surface area contributed by atoms with Crippen molar-refractivity contribution in [2.24, 2.45) is 0 Å². The maximum absolute atomic E-state index is 12.0. The Balaban J connectivity index is 2.62. The maximum Gasteiger partial charge on any atom is 0.411 e. The monoisotopic (exact) mass is 242 g/mol. The fourth-order valence-electron chi connectivity index (χ4n) is 1.98. The van der Waals surface area contributed by atoms with E-state index < -0.39 is 5.60 Å². The first-order valence-electron chi connectivity index (χ1n) is 5.98. The summed E-state index contributed by atoms with van der Waals surface area (Å²) < 4.78 is 5.35. The second-order valence-corrected chi connectivity index (χ2v) is 5.40. The molecule has 1 aliphatic rings. The third-order valence-electron chi connectivity index (χ3n) is 2.72. The molecule has 0 aromatic rings. The Bertz CT molecular complexity index is 286. The van der Waals surface area contributed by atoms with Crippen LogP contribution in [0.4, 0.5) is 4.79 Å². The van der Waals surface area contributed by atoms with E-state index in [0.717, 1.165) is 19.1 Å². The Morgan fingerprint density at radius 2 is 2.18 bits per heavy atom. The fraction of sp³-hybridized carbons (Fsp3) is 0.833. The van der Waals surface area contributed by atoms with Gasteiger partial charge >= 0.3 is 6.09 Å². The van der Waals surface area contributed by atoms with Gasteiger partial charge in [0.1, 0.15) is 11.9 Å². The number of hydrogen-bond acceptors (Lipinski definition) is 4. The van der Waals surface area contributed by atoms with E-state index in [0.29, 0.717) is 13.1 Å². The Morgan fingerprint density at radius 1 is 1.53 bits per heavy atom. The summed E-state index contributed by atoms with van der Waals surface area (Å²) in [6.07, 6.45) is 2.38. The lowest BCUT2D eigenvalue weighted by atomic mass is 10.2. The highest BCUT2D eigenvalue weighted by molar-refractivity contribution is 5.69. The molecule has 1 rings (SSSR count). The van der Waals surface area contributed by atoms with Gasteiger partial charge in [-0.15, -0.1) is 0 Å². The number of likely N-dealkylation sites (tertiary alicyclic amines) is 1. The van der Waals surface area contributed by atoms with Gasteiger partial charge in [-0.2, -0.15) is 0 Å². The smallest absolute Gasteiger partial charge is 0.411 e. The van der Waals surface area contributed by atoms with Crippen molar-refractivity contribution in [1.82, 2.24) is 9.80 Å². The molecule has 0 aromatic heterocycles. The predicted molar refractivity (Wildman–Crippen MR) is 64.7 cm³/mol. The highest BCUT2D eigenvalue weighted by atomic mass is 16.6. The molecule has 1 fully saturated rings. The Labute approximate surface area is 103 Å². The number of ether oxygens (including phenoxy) is 1. The largest absolute Gasteiger partial charge is 0.444 e. The fourth-order valence-corrected chi connectivity index (χ4v) is 1.98. The summed E-state index contributed by atoms with van der Waals surface area (Å²) in [6, 6.07) is 0. The van der Waals surface area contributed by atoms with Gasteiger partial charge < -0.3 is 9.53 Å². The zero-order valence-electron chi connectivity index (χ0n) is 11.1. The van der Waals surface area contributed by atoms with E-state index in [9.17, 15) is 9.59 Å². The van der Waals surface area contributed by atoms with Crippen molar-refractivity contribution in [2.75, 3.05) is 20.1 Å². The van der Waals surface area contributed by atoms with Gasteiger partial charge in [0.25, 0.3) is 0 Å². The molecule has 0 aliphatic carbocycles. The van der Waals surface area contributed by atoms with Crippen LogP contribution in [0.5, 0.6) is 0 Å². The molecule has 1 atom stereocenters.